The van der Waals surface area contributed by atoms with Crippen LogP contribution < -0.4 is 14.8 Å². The first-order valence-electron chi connectivity index (χ1n) is 9.60. The zero-order valence-electron chi connectivity index (χ0n) is 17.1. The maximum absolute atomic E-state index is 11.2. The Hall–Kier alpha value is -3.80. The first-order chi connectivity index (χ1) is 14.6. The van der Waals surface area contributed by atoms with Crippen molar-refractivity contribution in [2.24, 2.45) is 0 Å². The summed E-state index contributed by atoms with van der Waals surface area (Å²) in [6.07, 6.45) is 1.72. The molecule has 0 saturated heterocycles. The second kappa shape index (κ2) is 8.29. The fourth-order valence-corrected chi connectivity index (χ4v) is 3.58. The van der Waals surface area contributed by atoms with Gasteiger partial charge in [-0.1, -0.05) is 36.4 Å². The van der Waals surface area contributed by atoms with Crippen LogP contribution in [0.5, 0.6) is 17.2 Å². The van der Waals surface area contributed by atoms with E-state index in [1.165, 1.54) is 0 Å². The Labute approximate surface area is 175 Å². The Balaban J connectivity index is 1.93. The SMILES string of the molecule is COc1cccc([C@H](Nc2ccccn2)c2ccc3ccc(C)nc3c2O)c1OC. The first kappa shape index (κ1) is 19.5. The molecule has 6 heteroatoms. The van der Waals surface area contributed by atoms with Crippen molar-refractivity contribution in [1.29, 1.82) is 0 Å². The van der Waals surface area contributed by atoms with E-state index in [4.69, 9.17) is 9.47 Å². The Kier molecular flexibility index (Phi) is 5.39. The lowest BCUT2D eigenvalue weighted by molar-refractivity contribution is 0.351. The molecule has 0 aliphatic carbocycles. The van der Waals surface area contributed by atoms with Crippen LogP contribution in [0.3, 0.4) is 0 Å². The lowest BCUT2D eigenvalue weighted by Crippen LogP contribution is -2.15. The van der Waals surface area contributed by atoms with Gasteiger partial charge >= 0.3 is 0 Å². The van der Waals surface area contributed by atoms with Gasteiger partial charge in [0.25, 0.3) is 0 Å². The van der Waals surface area contributed by atoms with Gasteiger partial charge in [-0.25, -0.2) is 9.97 Å². The number of fused-ring (bicyclic) bond motifs is 1. The number of aromatic nitrogens is 2. The summed E-state index contributed by atoms with van der Waals surface area (Å²) in [7, 11) is 3.20. The van der Waals surface area contributed by atoms with E-state index in [2.05, 4.69) is 15.3 Å². The standard InChI is InChI=1S/C24H23N3O3/c1-15-10-11-16-12-13-17(23(28)21(16)26-15)22(27-20-9-4-5-14-25-20)18-7-6-8-19(29-2)24(18)30-3/h4-14,22,28H,1-3H3,(H,25,27)/t22-/m1/s1. The maximum Gasteiger partial charge on any atom is 0.166 e. The van der Waals surface area contributed by atoms with Crippen LogP contribution in [0.4, 0.5) is 5.82 Å². The average Bonchev–Trinajstić information content (AvgIpc) is 2.78. The van der Waals surface area contributed by atoms with Crippen LogP contribution in [0, 0.1) is 6.92 Å². The highest BCUT2D eigenvalue weighted by Crippen LogP contribution is 2.42. The van der Waals surface area contributed by atoms with Crippen molar-refractivity contribution >= 4 is 16.7 Å². The highest BCUT2D eigenvalue weighted by Gasteiger charge is 2.25. The number of nitrogens with zero attached hydrogens (tertiary/aromatic N) is 2. The Bertz CT molecular complexity index is 1180. The van der Waals surface area contributed by atoms with Crippen LogP contribution in [0.2, 0.25) is 0 Å². The Morgan fingerprint density at radius 2 is 1.73 bits per heavy atom. The van der Waals surface area contributed by atoms with Crippen LogP contribution in [0.1, 0.15) is 22.9 Å². The molecule has 152 valence electrons. The largest absolute Gasteiger partial charge is 0.505 e. The van der Waals surface area contributed by atoms with Crippen molar-refractivity contribution in [2.75, 3.05) is 19.5 Å². The summed E-state index contributed by atoms with van der Waals surface area (Å²) in [4.78, 5) is 8.94. The molecule has 0 bridgehead atoms. The molecule has 2 N–H and O–H groups in total. The van der Waals surface area contributed by atoms with E-state index in [9.17, 15) is 5.11 Å². The number of rotatable bonds is 6. The first-order valence-corrected chi connectivity index (χ1v) is 9.60. The molecule has 0 radical (unpaired) electrons. The predicted octanol–water partition coefficient (Wildman–Crippen LogP) is 4.86. The van der Waals surface area contributed by atoms with E-state index in [0.29, 0.717) is 28.4 Å². The van der Waals surface area contributed by atoms with Gasteiger partial charge in [0.1, 0.15) is 17.1 Å². The third kappa shape index (κ3) is 3.59. The van der Waals surface area contributed by atoms with Gasteiger partial charge in [0, 0.05) is 28.4 Å². The minimum atomic E-state index is -0.448. The molecule has 0 spiro atoms. The summed E-state index contributed by atoms with van der Waals surface area (Å²) in [6.45, 7) is 1.90. The molecule has 2 aromatic carbocycles. The van der Waals surface area contributed by atoms with Crippen LogP contribution >= 0.6 is 0 Å². The zero-order valence-corrected chi connectivity index (χ0v) is 17.1. The highest BCUT2D eigenvalue weighted by atomic mass is 16.5. The number of hydrogen-bond donors (Lipinski definition) is 2. The lowest BCUT2D eigenvalue weighted by atomic mass is 9.95. The fraction of sp³-hybridized carbons (Fsp3) is 0.167. The molecule has 0 aliphatic heterocycles. The molecule has 0 saturated carbocycles. The number of hydrogen-bond acceptors (Lipinski definition) is 6. The van der Waals surface area contributed by atoms with Crippen LogP contribution in [-0.2, 0) is 0 Å². The number of phenols is 1. The molecular formula is C24H23N3O3. The third-order valence-electron chi connectivity index (χ3n) is 5.02. The Morgan fingerprint density at radius 3 is 2.47 bits per heavy atom. The molecule has 30 heavy (non-hydrogen) atoms. The monoisotopic (exact) mass is 401 g/mol. The van der Waals surface area contributed by atoms with E-state index in [0.717, 1.165) is 16.6 Å². The van der Waals surface area contributed by atoms with Crippen LogP contribution in [0.15, 0.2) is 66.9 Å². The molecular weight excluding hydrogens is 378 g/mol. The number of ether oxygens (including phenoxy) is 2. The van der Waals surface area contributed by atoms with E-state index in [1.807, 2.05) is 67.6 Å². The number of nitrogens with one attached hydrogen (secondary N) is 1. The average molecular weight is 401 g/mol. The van der Waals surface area contributed by atoms with Crippen molar-refractivity contribution in [2.45, 2.75) is 13.0 Å². The lowest BCUT2D eigenvalue weighted by Gasteiger charge is -2.24. The summed E-state index contributed by atoms with van der Waals surface area (Å²) in [5, 5.41) is 15.5. The van der Waals surface area contributed by atoms with Gasteiger partial charge in [-0.15, -0.1) is 0 Å². The number of phenolic OH excluding ortho intramolecular Hbond substituents is 1. The minimum absolute atomic E-state index is 0.120. The van der Waals surface area contributed by atoms with Gasteiger partial charge in [0.15, 0.2) is 11.5 Å². The fourth-order valence-electron chi connectivity index (χ4n) is 3.58. The smallest absolute Gasteiger partial charge is 0.166 e. The summed E-state index contributed by atoms with van der Waals surface area (Å²) >= 11 is 0. The van der Waals surface area contributed by atoms with Gasteiger partial charge < -0.3 is 19.9 Å². The number of methoxy groups -OCH3 is 2. The normalized spacial score (nSPS) is 11.8. The quantitative estimate of drug-likeness (QED) is 0.480. The molecule has 6 nitrogen and oxygen atoms in total. The number of para-hydroxylation sites is 1. The maximum atomic E-state index is 11.2. The van der Waals surface area contributed by atoms with Gasteiger partial charge in [-0.3, -0.25) is 0 Å². The molecule has 0 unspecified atom stereocenters. The number of aromatic hydroxyl groups is 1. The van der Waals surface area contributed by atoms with Crippen molar-refractivity contribution in [3.8, 4) is 17.2 Å². The van der Waals surface area contributed by atoms with E-state index < -0.39 is 6.04 Å². The Morgan fingerprint density at radius 1 is 0.900 bits per heavy atom. The molecule has 4 aromatic rings. The minimum Gasteiger partial charge on any atom is -0.505 e. The third-order valence-corrected chi connectivity index (χ3v) is 5.02. The summed E-state index contributed by atoms with van der Waals surface area (Å²) < 4.78 is 11.2. The predicted molar refractivity (Wildman–Crippen MR) is 117 cm³/mol. The second-order valence-electron chi connectivity index (χ2n) is 6.90. The molecule has 4 rings (SSSR count). The van der Waals surface area contributed by atoms with Crippen molar-refractivity contribution in [3.05, 3.63) is 83.7 Å². The summed E-state index contributed by atoms with van der Waals surface area (Å²) in [5.74, 6) is 1.99. The molecule has 2 aromatic heterocycles. The number of benzene rings is 2. The number of anilines is 1. The van der Waals surface area contributed by atoms with Crippen LogP contribution in [0.25, 0.3) is 10.9 Å². The summed E-state index contributed by atoms with van der Waals surface area (Å²) in [6, 6.07) is 18.6. The van der Waals surface area contributed by atoms with Gasteiger partial charge in [0.05, 0.1) is 20.3 Å². The topological polar surface area (TPSA) is 76.5 Å². The van der Waals surface area contributed by atoms with Crippen molar-refractivity contribution < 1.29 is 14.6 Å². The van der Waals surface area contributed by atoms with Gasteiger partial charge in [0.2, 0.25) is 0 Å². The molecule has 0 amide bonds. The summed E-state index contributed by atoms with van der Waals surface area (Å²) in [5.41, 5.74) is 2.87. The van der Waals surface area contributed by atoms with E-state index in [-0.39, 0.29) is 5.75 Å². The molecule has 0 aliphatic rings. The van der Waals surface area contributed by atoms with E-state index in [1.54, 1.807) is 20.4 Å². The van der Waals surface area contributed by atoms with Gasteiger partial charge in [-0.2, -0.15) is 0 Å². The highest BCUT2D eigenvalue weighted by molar-refractivity contribution is 5.86. The van der Waals surface area contributed by atoms with Crippen molar-refractivity contribution in [1.82, 2.24) is 9.97 Å². The van der Waals surface area contributed by atoms with E-state index >= 15 is 0 Å². The molecule has 2 heterocycles. The molecule has 1 atom stereocenters. The molecule has 0 fully saturated rings. The number of pyridine rings is 2. The second-order valence-corrected chi connectivity index (χ2v) is 6.90. The zero-order chi connectivity index (χ0) is 21.1. The van der Waals surface area contributed by atoms with Crippen LogP contribution in [-0.4, -0.2) is 29.3 Å². The number of aryl methyl sites for hydroxylation is 1. The van der Waals surface area contributed by atoms with Gasteiger partial charge in [-0.05, 0) is 31.2 Å². The van der Waals surface area contributed by atoms with Crippen molar-refractivity contribution in [3.63, 3.8) is 0 Å².